The number of rotatable bonds is 3. The molecule has 16 heavy (non-hydrogen) atoms. The maximum Gasteiger partial charge on any atom is 0.224 e. The van der Waals surface area contributed by atoms with Crippen LogP contribution >= 0.6 is 0 Å². The zero-order chi connectivity index (χ0) is 11.4. The number of nitrogens with one attached hydrogen (secondary N) is 1. The topological polar surface area (TPSA) is 59.8 Å². The third-order valence-electron chi connectivity index (χ3n) is 2.10. The van der Waals surface area contributed by atoms with Gasteiger partial charge in [-0.05, 0) is 18.2 Å². The lowest BCUT2D eigenvalue weighted by Gasteiger charge is -2.08. The number of nitrogens with zero attached hydrogens (tertiary/aromatic N) is 3. The van der Waals surface area contributed by atoms with E-state index in [-0.39, 0.29) is 5.91 Å². The van der Waals surface area contributed by atoms with Crippen molar-refractivity contribution in [1.82, 2.24) is 14.8 Å². The first-order valence-corrected chi connectivity index (χ1v) is 5.06. The van der Waals surface area contributed by atoms with Crippen LogP contribution in [0.25, 0.3) is 5.82 Å². The zero-order valence-electron chi connectivity index (χ0n) is 8.92. The van der Waals surface area contributed by atoms with E-state index in [1.807, 2.05) is 0 Å². The van der Waals surface area contributed by atoms with Crippen LogP contribution < -0.4 is 5.32 Å². The number of carbonyl (C=O) groups excluding carboxylic acids is 1. The van der Waals surface area contributed by atoms with E-state index in [1.54, 1.807) is 48.4 Å². The predicted molar refractivity (Wildman–Crippen MR) is 60.3 cm³/mol. The first-order valence-electron chi connectivity index (χ1n) is 5.06. The van der Waals surface area contributed by atoms with Crippen LogP contribution in [0.5, 0.6) is 0 Å². The Labute approximate surface area is 93.1 Å². The molecule has 0 unspecified atom stereocenters. The summed E-state index contributed by atoms with van der Waals surface area (Å²) in [5, 5.41) is 6.87. The van der Waals surface area contributed by atoms with Gasteiger partial charge >= 0.3 is 0 Å². The molecule has 2 aromatic rings. The largest absolute Gasteiger partial charge is 0.323 e. The number of anilines is 1. The molecule has 0 saturated heterocycles. The average molecular weight is 216 g/mol. The van der Waals surface area contributed by atoms with Crippen molar-refractivity contribution in [3.63, 3.8) is 0 Å². The van der Waals surface area contributed by atoms with Crippen molar-refractivity contribution in [2.45, 2.75) is 13.3 Å². The summed E-state index contributed by atoms with van der Waals surface area (Å²) >= 11 is 0. The number of carbonyl (C=O) groups is 1. The van der Waals surface area contributed by atoms with Crippen molar-refractivity contribution in [3.8, 4) is 5.82 Å². The van der Waals surface area contributed by atoms with Crippen LogP contribution in [0.3, 0.4) is 0 Å². The van der Waals surface area contributed by atoms with Crippen LogP contribution in [-0.4, -0.2) is 20.7 Å². The van der Waals surface area contributed by atoms with E-state index in [4.69, 9.17) is 0 Å². The Balaban J connectivity index is 2.35. The third-order valence-corrected chi connectivity index (χ3v) is 2.10. The van der Waals surface area contributed by atoms with Crippen LogP contribution in [0.15, 0.2) is 36.8 Å². The predicted octanol–water partition coefficient (Wildman–Crippen LogP) is 1.62. The normalized spacial score (nSPS) is 10.1. The smallest absolute Gasteiger partial charge is 0.224 e. The molecule has 0 fully saturated rings. The molecule has 0 radical (unpaired) electrons. The van der Waals surface area contributed by atoms with Gasteiger partial charge in [-0.2, -0.15) is 5.10 Å². The Hall–Kier alpha value is -2.17. The third kappa shape index (κ3) is 2.08. The molecule has 5 nitrogen and oxygen atoms in total. The Morgan fingerprint density at radius 1 is 1.44 bits per heavy atom. The van der Waals surface area contributed by atoms with Crippen LogP contribution in [0.4, 0.5) is 5.69 Å². The molecule has 1 N–H and O–H groups in total. The van der Waals surface area contributed by atoms with Gasteiger partial charge in [0.25, 0.3) is 0 Å². The van der Waals surface area contributed by atoms with E-state index in [9.17, 15) is 4.79 Å². The monoisotopic (exact) mass is 216 g/mol. The van der Waals surface area contributed by atoms with Crippen molar-refractivity contribution >= 4 is 11.6 Å². The standard InChI is InChI=1S/C11H12N4O/c1-2-10(16)14-9-5-3-6-12-11(9)15-8-4-7-13-15/h3-8H,2H2,1H3,(H,14,16). The van der Waals surface area contributed by atoms with Crippen molar-refractivity contribution in [3.05, 3.63) is 36.8 Å². The van der Waals surface area contributed by atoms with Crippen LogP contribution in [-0.2, 0) is 4.79 Å². The zero-order valence-corrected chi connectivity index (χ0v) is 8.92. The van der Waals surface area contributed by atoms with Gasteiger partial charge in [0.2, 0.25) is 5.91 Å². The highest BCUT2D eigenvalue weighted by molar-refractivity contribution is 5.92. The summed E-state index contributed by atoms with van der Waals surface area (Å²) in [7, 11) is 0. The fourth-order valence-corrected chi connectivity index (χ4v) is 1.31. The van der Waals surface area contributed by atoms with E-state index in [2.05, 4.69) is 15.4 Å². The van der Waals surface area contributed by atoms with Crippen LogP contribution in [0.2, 0.25) is 0 Å². The lowest BCUT2D eigenvalue weighted by atomic mass is 10.3. The first-order chi connectivity index (χ1) is 7.81. The van der Waals surface area contributed by atoms with E-state index in [0.717, 1.165) is 0 Å². The molecule has 0 aliphatic rings. The van der Waals surface area contributed by atoms with Crippen LogP contribution in [0, 0.1) is 0 Å². The number of aromatic nitrogens is 3. The minimum Gasteiger partial charge on any atom is -0.323 e. The fraction of sp³-hybridized carbons (Fsp3) is 0.182. The molecule has 0 atom stereocenters. The van der Waals surface area contributed by atoms with Gasteiger partial charge in [-0.3, -0.25) is 4.79 Å². The molecule has 0 spiro atoms. The molecule has 5 heteroatoms. The molecule has 2 aromatic heterocycles. The summed E-state index contributed by atoms with van der Waals surface area (Å²) in [4.78, 5) is 15.5. The van der Waals surface area contributed by atoms with Crippen LogP contribution in [0.1, 0.15) is 13.3 Å². The minimum absolute atomic E-state index is 0.0404. The van der Waals surface area contributed by atoms with Crippen molar-refractivity contribution in [2.24, 2.45) is 0 Å². The van der Waals surface area contributed by atoms with Gasteiger partial charge in [0.15, 0.2) is 5.82 Å². The Morgan fingerprint density at radius 2 is 2.31 bits per heavy atom. The van der Waals surface area contributed by atoms with Gasteiger partial charge in [0, 0.05) is 25.0 Å². The van der Waals surface area contributed by atoms with E-state index in [1.165, 1.54) is 0 Å². The van der Waals surface area contributed by atoms with Gasteiger partial charge in [0.1, 0.15) is 0 Å². The molecule has 0 aliphatic heterocycles. The molecule has 0 saturated carbocycles. The quantitative estimate of drug-likeness (QED) is 0.848. The molecular formula is C11H12N4O. The maximum atomic E-state index is 11.3. The molecule has 0 aliphatic carbocycles. The summed E-state index contributed by atoms with van der Waals surface area (Å²) in [6.07, 6.45) is 5.55. The van der Waals surface area contributed by atoms with E-state index in [0.29, 0.717) is 17.9 Å². The number of hydrogen-bond acceptors (Lipinski definition) is 3. The SMILES string of the molecule is CCC(=O)Nc1cccnc1-n1cccn1. The molecule has 1 amide bonds. The Kier molecular flexibility index (Phi) is 2.95. The van der Waals surface area contributed by atoms with Crippen molar-refractivity contribution < 1.29 is 4.79 Å². The van der Waals surface area contributed by atoms with Gasteiger partial charge in [-0.1, -0.05) is 6.92 Å². The molecule has 0 bridgehead atoms. The highest BCUT2D eigenvalue weighted by Crippen LogP contribution is 2.15. The highest BCUT2D eigenvalue weighted by Gasteiger charge is 2.07. The molecule has 82 valence electrons. The molecular weight excluding hydrogens is 204 g/mol. The second kappa shape index (κ2) is 4.57. The lowest BCUT2D eigenvalue weighted by molar-refractivity contribution is -0.115. The second-order valence-electron chi connectivity index (χ2n) is 3.23. The number of hydrogen-bond donors (Lipinski definition) is 1. The molecule has 2 rings (SSSR count). The maximum absolute atomic E-state index is 11.3. The fourth-order valence-electron chi connectivity index (χ4n) is 1.31. The summed E-state index contributed by atoms with van der Waals surface area (Å²) in [5.41, 5.74) is 0.665. The summed E-state index contributed by atoms with van der Waals surface area (Å²) in [5.74, 6) is 0.579. The van der Waals surface area contributed by atoms with Gasteiger partial charge in [0.05, 0.1) is 5.69 Å². The molecule has 0 aromatic carbocycles. The Morgan fingerprint density at radius 3 is 3.00 bits per heavy atom. The van der Waals surface area contributed by atoms with E-state index >= 15 is 0 Å². The van der Waals surface area contributed by atoms with Crippen molar-refractivity contribution in [2.75, 3.05) is 5.32 Å². The Bertz CT molecular complexity index is 478. The first kappa shape index (κ1) is 10.4. The highest BCUT2D eigenvalue weighted by atomic mass is 16.1. The molecule has 2 heterocycles. The van der Waals surface area contributed by atoms with Gasteiger partial charge in [-0.25, -0.2) is 9.67 Å². The van der Waals surface area contributed by atoms with Crippen molar-refractivity contribution in [1.29, 1.82) is 0 Å². The van der Waals surface area contributed by atoms with Gasteiger partial charge in [-0.15, -0.1) is 0 Å². The summed E-state index contributed by atoms with van der Waals surface area (Å²) in [6.45, 7) is 1.80. The lowest BCUT2D eigenvalue weighted by Crippen LogP contribution is -2.13. The van der Waals surface area contributed by atoms with E-state index < -0.39 is 0 Å². The summed E-state index contributed by atoms with van der Waals surface area (Å²) in [6, 6.07) is 5.38. The minimum atomic E-state index is -0.0404. The summed E-state index contributed by atoms with van der Waals surface area (Å²) < 4.78 is 1.62. The second-order valence-corrected chi connectivity index (χ2v) is 3.23. The average Bonchev–Trinajstić information content (AvgIpc) is 2.83. The number of amides is 1. The number of pyridine rings is 1. The van der Waals surface area contributed by atoms with Gasteiger partial charge < -0.3 is 5.32 Å².